The Morgan fingerprint density at radius 2 is 1.42 bits per heavy atom. The van der Waals surface area contributed by atoms with Gasteiger partial charge in [-0.1, -0.05) is 72.8 Å². The standard InChI is InChI=1S/C38H46N4O8/c1-38(2,3)50-36(45)39-23-28-14-16-31(17-15-28)42-25-32(49-37(42)46)24-40-18-20-41(21-19-40)33(35(44)48-27-30-12-8-5-9-13-30)22-34(43)47-26-29-10-6-4-7-11-29/h4-17,32-33H,18-27H2,1-3H3,(H,39,45)/t32-,33?/m1/s1. The Labute approximate surface area is 293 Å². The van der Waals surface area contributed by atoms with Gasteiger partial charge in [-0.3, -0.25) is 24.3 Å². The van der Waals surface area contributed by atoms with Crippen LogP contribution in [-0.2, 0) is 48.3 Å². The van der Waals surface area contributed by atoms with Gasteiger partial charge in [-0.05, 0) is 49.6 Å². The van der Waals surface area contributed by atoms with Gasteiger partial charge in [0.2, 0.25) is 0 Å². The summed E-state index contributed by atoms with van der Waals surface area (Å²) in [5.41, 5.74) is 2.73. The van der Waals surface area contributed by atoms with Crippen molar-refractivity contribution in [3.8, 4) is 0 Å². The lowest BCUT2D eigenvalue weighted by molar-refractivity contribution is -0.159. The second-order valence-electron chi connectivity index (χ2n) is 13.4. The van der Waals surface area contributed by atoms with Gasteiger partial charge in [0.1, 0.15) is 31.0 Å². The SMILES string of the molecule is CC(C)(C)OC(=O)NCc1ccc(N2C[C@@H](CN3CCN(C(CC(=O)OCc4ccccc4)C(=O)OCc4ccccc4)CC3)OC2=O)cc1. The number of amides is 2. The summed E-state index contributed by atoms with van der Waals surface area (Å²) < 4.78 is 22.2. The minimum atomic E-state index is -0.786. The van der Waals surface area contributed by atoms with E-state index in [0.717, 1.165) is 16.7 Å². The lowest BCUT2D eigenvalue weighted by Gasteiger charge is -2.38. The fraction of sp³-hybridized carbons (Fsp3) is 0.421. The molecule has 2 saturated heterocycles. The molecule has 2 aliphatic rings. The van der Waals surface area contributed by atoms with Gasteiger partial charge < -0.3 is 24.3 Å². The molecule has 2 fully saturated rings. The van der Waals surface area contributed by atoms with Gasteiger partial charge in [0.25, 0.3) is 0 Å². The number of cyclic esters (lactones) is 1. The number of alkyl carbamates (subject to hydrolysis) is 1. The van der Waals surface area contributed by atoms with Gasteiger partial charge in [0.05, 0.1) is 13.0 Å². The quantitative estimate of drug-likeness (QED) is 0.196. The first-order valence-electron chi connectivity index (χ1n) is 16.9. The van der Waals surface area contributed by atoms with E-state index < -0.39 is 35.8 Å². The number of rotatable bonds is 13. The van der Waals surface area contributed by atoms with Crippen molar-refractivity contribution in [3.05, 3.63) is 102 Å². The molecule has 5 rings (SSSR count). The summed E-state index contributed by atoms with van der Waals surface area (Å²) in [6.07, 6.45) is -1.36. The molecular weight excluding hydrogens is 640 g/mol. The van der Waals surface area contributed by atoms with Crippen LogP contribution in [0.25, 0.3) is 0 Å². The largest absolute Gasteiger partial charge is 0.461 e. The fourth-order valence-electron chi connectivity index (χ4n) is 5.80. The first-order chi connectivity index (χ1) is 24.0. The van der Waals surface area contributed by atoms with Crippen molar-refractivity contribution in [2.24, 2.45) is 0 Å². The molecule has 0 spiro atoms. The maximum atomic E-state index is 13.4. The molecule has 0 aromatic heterocycles. The Kier molecular flexibility index (Phi) is 12.5. The van der Waals surface area contributed by atoms with E-state index in [1.807, 2.05) is 89.8 Å². The average Bonchev–Trinajstić information content (AvgIpc) is 3.47. The van der Waals surface area contributed by atoms with Crippen LogP contribution in [0.3, 0.4) is 0 Å². The van der Waals surface area contributed by atoms with Crippen LogP contribution in [0, 0.1) is 0 Å². The molecule has 266 valence electrons. The third kappa shape index (κ3) is 11.0. The van der Waals surface area contributed by atoms with Gasteiger partial charge in [-0.2, -0.15) is 0 Å². The Morgan fingerprint density at radius 3 is 2.02 bits per heavy atom. The molecule has 1 N–H and O–H groups in total. The zero-order chi connectivity index (χ0) is 35.5. The predicted molar refractivity (Wildman–Crippen MR) is 186 cm³/mol. The smallest absolute Gasteiger partial charge is 0.414 e. The molecule has 2 heterocycles. The maximum Gasteiger partial charge on any atom is 0.414 e. The van der Waals surface area contributed by atoms with Crippen LogP contribution in [0.4, 0.5) is 15.3 Å². The van der Waals surface area contributed by atoms with Gasteiger partial charge in [0.15, 0.2) is 0 Å². The highest BCUT2D eigenvalue weighted by atomic mass is 16.6. The highest BCUT2D eigenvalue weighted by molar-refractivity contribution is 5.89. The molecule has 50 heavy (non-hydrogen) atoms. The molecule has 3 aromatic carbocycles. The zero-order valence-electron chi connectivity index (χ0n) is 28.9. The van der Waals surface area contributed by atoms with Crippen molar-refractivity contribution in [1.82, 2.24) is 15.1 Å². The lowest BCUT2D eigenvalue weighted by Crippen LogP contribution is -2.54. The Balaban J connectivity index is 1.11. The Morgan fingerprint density at radius 1 is 0.820 bits per heavy atom. The second kappa shape index (κ2) is 17.1. The lowest BCUT2D eigenvalue weighted by atomic mass is 10.1. The summed E-state index contributed by atoms with van der Waals surface area (Å²) >= 11 is 0. The minimum absolute atomic E-state index is 0.116. The summed E-state index contributed by atoms with van der Waals surface area (Å²) in [4.78, 5) is 56.8. The summed E-state index contributed by atoms with van der Waals surface area (Å²) in [5, 5.41) is 2.73. The molecule has 0 saturated carbocycles. The van der Waals surface area contributed by atoms with E-state index in [9.17, 15) is 19.2 Å². The molecule has 0 radical (unpaired) electrons. The number of benzene rings is 3. The van der Waals surface area contributed by atoms with E-state index in [1.54, 1.807) is 25.7 Å². The van der Waals surface area contributed by atoms with Gasteiger partial charge in [0, 0.05) is 45.0 Å². The first-order valence-corrected chi connectivity index (χ1v) is 16.9. The van der Waals surface area contributed by atoms with Crippen LogP contribution >= 0.6 is 0 Å². The van der Waals surface area contributed by atoms with E-state index in [2.05, 4.69) is 10.2 Å². The molecule has 3 aromatic rings. The molecule has 2 atom stereocenters. The minimum Gasteiger partial charge on any atom is -0.461 e. The van der Waals surface area contributed by atoms with Crippen LogP contribution in [0.15, 0.2) is 84.9 Å². The van der Waals surface area contributed by atoms with Crippen molar-refractivity contribution in [2.75, 3.05) is 44.2 Å². The second-order valence-corrected chi connectivity index (χ2v) is 13.4. The number of nitrogens with one attached hydrogen (secondary N) is 1. The molecular formula is C38H46N4O8. The van der Waals surface area contributed by atoms with Crippen molar-refractivity contribution in [2.45, 2.75) is 64.7 Å². The van der Waals surface area contributed by atoms with Crippen molar-refractivity contribution < 1.29 is 38.1 Å². The molecule has 2 aliphatic heterocycles. The number of ether oxygens (including phenoxy) is 4. The molecule has 12 heteroatoms. The molecule has 0 bridgehead atoms. The van der Waals surface area contributed by atoms with Crippen LogP contribution in [0.2, 0.25) is 0 Å². The van der Waals surface area contributed by atoms with E-state index in [-0.39, 0.29) is 25.7 Å². The third-order valence-electron chi connectivity index (χ3n) is 8.37. The highest BCUT2D eigenvalue weighted by Crippen LogP contribution is 2.24. The summed E-state index contributed by atoms with van der Waals surface area (Å²) in [6, 6.07) is 25.4. The summed E-state index contributed by atoms with van der Waals surface area (Å²) in [5.74, 6) is -0.936. The van der Waals surface area contributed by atoms with Gasteiger partial charge in [-0.25, -0.2) is 9.59 Å². The van der Waals surface area contributed by atoms with Crippen LogP contribution in [0.1, 0.15) is 43.9 Å². The summed E-state index contributed by atoms with van der Waals surface area (Å²) in [7, 11) is 0. The van der Waals surface area contributed by atoms with Crippen molar-refractivity contribution >= 4 is 29.8 Å². The van der Waals surface area contributed by atoms with Gasteiger partial charge in [-0.15, -0.1) is 0 Å². The maximum absolute atomic E-state index is 13.4. The number of carbonyl (C=O) groups excluding carboxylic acids is 4. The predicted octanol–water partition coefficient (Wildman–Crippen LogP) is 4.90. The highest BCUT2D eigenvalue weighted by Gasteiger charge is 2.36. The summed E-state index contributed by atoms with van der Waals surface area (Å²) in [6.45, 7) is 9.20. The number of carbonyl (C=O) groups is 4. The number of hydrogen-bond donors (Lipinski definition) is 1. The average molecular weight is 687 g/mol. The van der Waals surface area contributed by atoms with E-state index in [1.165, 1.54) is 0 Å². The van der Waals surface area contributed by atoms with E-state index in [4.69, 9.17) is 18.9 Å². The number of piperazine rings is 1. The fourth-order valence-corrected chi connectivity index (χ4v) is 5.80. The van der Waals surface area contributed by atoms with E-state index in [0.29, 0.717) is 51.5 Å². The number of nitrogens with zero attached hydrogens (tertiary/aromatic N) is 3. The van der Waals surface area contributed by atoms with Gasteiger partial charge >= 0.3 is 24.1 Å². The number of hydrogen-bond acceptors (Lipinski definition) is 10. The number of anilines is 1. The first kappa shape index (κ1) is 36.3. The Hall–Kier alpha value is -4.94. The zero-order valence-corrected chi connectivity index (χ0v) is 28.9. The van der Waals surface area contributed by atoms with Crippen LogP contribution in [-0.4, -0.2) is 90.9 Å². The van der Waals surface area contributed by atoms with Crippen LogP contribution < -0.4 is 10.2 Å². The molecule has 12 nitrogen and oxygen atoms in total. The van der Waals surface area contributed by atoms with Crippen molar-refractivity contribution in [3.63, 3.8) is 0 Å². The molecule has 2 amide bonds. The van der Waals surface area contributed by atoms with Crippen molar-refractivity contribution in [1.29, 1.82) is 0 Å². The Bertz CT molecular complexity index is 1570. The molecule has 1 unspecified atom stereocenters. The monoisotopic (exact) mass is 686 g/mol. The van der Waals surface area contributed by atoms with Crippen LogP contribution in [0.5, 0.6) is 0 Å². The van der Waals surface area contributed by atoms with E-state index >= 15 is 0 Å². The normalized spacial score (nSPS) is 17.5. The topological polar surface area (TPSA) is 127 Å². The molecule has 0 aliphatic carbocycles. The number of esters is 2. The third-order valence-corrected chi connectivity index (χ3v) is 8.37.